The Kier molecular flexibility index (Phi) is 6.07. The minimum atomic E-state index is -4.67. The van der Waals surface area contributed by atoms with E-state index in [4.69, 9.17) is 11.6 Å². The van der Waals surface area contributed by atoms with Crippen molar-refractivity contribution < 1.29 is 18.0 Å². The molecular weight excluding hydrogens is 417 g/mol. The van der Waals surface area contributed by atoms with E-state index in [2.05, 4.69) is 15.7 Å². The summed E-state index contributed by atoms with van der Waals surface area (Å²) in [6.07, 6.45) is -3.81. The number of nitrogens with one attached hydrogen (secondary N) is 2. The summed E-state index contributed by atoms with van der Waals surface area (Å²) < 4.78 is 41.6. The molecule has 0 saturated carbocycles. The van der Waals surface area contributed by atoms with E-state index in [-0.39, 0.29) is 17.1 Å². The monoisotopic (exact) mass is 436 g/mol. The number of anilines is 3. The molecule has 3 aromatic rings. The summed E-state index contributed by atoms with van der Waals surface area (Å²) >= 11 is 5.89. The van der Waals surface area contributed by atoms with Crippen molar-refractivity contribution in [2.24, 2.45) is 7.05 Å². The van der Waals surface area contributed by atoms with Gasteiger partial charge in [0, 0.05) is 18.4 Å². The summed E-state index contributed by atoms with van der Waals surface area (Å²) in [6.45, 7) is 3.78. The minimum absolute atomic E-state index is 0.0559. The van der Waals surface area contributed by atoms with Crippen LogP contribution in [0.1, 0.15) is 34.2 Å². The maximum atomic E-state index is 13.4. The molecule has 1 aromatic heterocycles. The Morgan fingerprint density at radius 2 is 1.80 bits per heavy atom. The summed E-state index contributed by atoms with van der Waals surface area (Å²) in [6, 6.07) is 10.9. The SMILES string of the molecule is CCc1ccc(Nc2cc(Cl)c(C(F)(F)F)cc2NC(=O)c2cc(C)n(C)n2)cc1. The van der Waals surface area contributed by atoms with Gasteiger partial charge in [0.15, 0.2) is 5.69 Å². The third-order valence-corrected chi connectivity index (χ3v) is 4.96. The van der Waals surface area contributed by atoms with E-state index in [9.17, 15) is 18.0 Å². The van der Waals surface area contributed by atoms with E-state index in [0.717, 1.165) is 29.8 Å². The average molecular weight is 437 g/mol. The highest BCUT2D eigenvalue weighted by Gasteiger charge is 2.34. The van der Waals surface area contributed by atoms with E-state index < -0.39 is 22.7 Å². The number of hydrogen-bond acceptors (Lipinski definition) is 3. The molecule has 0 saturated heterocycles. The van der Waals surface area contributed by atoms with Crippen LogP contribution in [0, 0.1) is 6.92 Å². The van der Waals surface area contributed by atoms with E-state index in [1.807, 2.05) is 19.1 Å². The van der Waals surface area contributed by atoms with Crippen LogP contribution in [0.2, 0.25) is 5.02 Å². The topological polar surface area (TPSA) is 58.9 Å². The van der Waals surface area contributed by atoms with Gasteiger partial charge in [0.1, 0.15) is 0 Å². The Labute approximate surface area is 176 Å². The lowest BCUT2D eigenvalue weighted by molar-refractivity contribution is -0.137. The first-order valence-electron chi connectivity index (χ1n) is 9.17. The van der Waals surface area contributed by atoms with Crippen molar-refractivity contribution in [3.8, 4) is 0 Å². The van der Waals surface area contributed by atoms with Gasteiger partial charge in [0.05, 0.1) is 22.0 Å². The third kappa shape index (κ3) is 4.76. The number of aromatic nitrogens is 2. The number of rotatable bonds is 5. The highest BCUT2D eigenvalue weighted by atomic mass is 35.5. The number of carbonyl (C=O) groups excluding carboxylic acids is 1. The Balaban J connectivity index is 1.99. The smallest absolute Gasteiger partial charge is 0.354 e. The summed E-state index contributed by atoms with van der Waals surface area (Å²) in [4.78, 5) is 12.6. The lowest BCUT2D eigenvalue weighted by Gasteiger charge is -2.17. The van der Waals surface area contributed by atoms with Crippen LogP contribution in [0.5, 0.6) is 0 Å². The summed E-state index contributed by atoms with van der Waals surface area (Å²) in [7, 11) is 1.67. The van der Waals surface area contributed by atoms with Crippen LogP contribution >= 0.6 is 11.6 Å². The van der Waals surface area contributed by atoms with Crippen molar-refractivity contribution in [1.82, 2.24) is 9.78 Å². The van der Waals surface area contributed by atoms with Crippen LogP contribution in [0.25, 0.3) is 0 Å². The zero-order valence-corrected chi connectivity index (χ0v) is 17.3. The molecule has 0 aliphatic heterocycles. The number of hydrogen-bond donors (Lipinski definition) is 2. The molecule has 5 nitrogen and oxygen atoms in total. The zero-order valence-electron chi connectivity index (χ0n) is 16.6. The predicted molar refractivity (Wildman–Crippen MR) is 111 cm³/mol. The normalized spacial score (nSPS) is 11.4. The van der Waals surface area contributed by atoms with Crippen molar-refractivity contribution in [1.29, 1.82) is 0 Å². The standard InChI is InChI=1S/C21H20ClF3N4O/c1-4-13-5-7-14(8-6-13)26-18-11-16(22)15(21(23,24)25)10-17(18)27-20(30)19-9-12(2)29(3)28-19/h5-11,26H,4H2,1-3H3,(H,27,30). The molecule has 0 aliphatic carbocycles. The van der Waals surface area contributed by atoms with Gasteiger partial charge in [-0.2, -0.15) is 18.3 Å². The second-order valence-electron chi connectivity index (χ2n) is 6.80. The fraction of sp³-hybridized carbons (Fsp3) is 0.238. The quantitative estimate of drug-likeness (QED) is 0.519. The van der Waals surface area contributed by atoms with Crippen molar-refractivity contribution in [3.05, 3.63) is 70.0 Å². The third-order valence-electron chi connectivity index (χ3n) is 4.65. The molecule has 0 radical (unpaired) electrons. The molecule has 2 aromatic carbocycles. The van der Waals surface area contributed by atoms with E-state index >= 15 is 0 Å². The molecule has 0 bridgehead atoms. The molecule has 1 heterocycles. The average Bonchev–Trinajstić information content (AvgIpc) is 3.02. The minimum Gasteiger partial charge on any atom is -0.354 e. The maximum Gasteiger partial charge on any atom is 0.417 e. The van der Waals surface area contributed by atoms with Crippen molar-refractivity contribution in [2.45, 2.75) is 26.4 Å². The second kappa shape index (κ2) is 8.39. The largest absolute Gasteiger partial charge is 0.417 e. The molecule has 158 valence electrons. The first kappa shape index (κ1) is 21.7. The van der Waals surface area contributed by atoms with Crippen molar-refractivity contribution in [2.75, 3.05) is 10.6 Å². The molecule has 30 heavy (non-hydrogen) atoms. The summed E-state index contributed by atoms with van der Waals surface area (Å²) in [5, 5.41) is 9.13. The molecule has 0 spiro atoms. The fourth-order valence-electron chi connectivity index (χ4n) is 2.83. The summed E-state index contributed by atoms with van der Waals surface area (Å²) in [5.74, 6) is -0.626. The van der Waals surface area contributed by atoms with Crippen LogP contribution < -0.4 is 10.6 Å². The van der Waals surface area contributed by atoms with Crippen LogP contribution in [0.3, 0.4) is 0 Å². The molecule has 9 heteroatoms. The Morgan fingerprint density at radius 3 is 2.33 bits per heavy atom. The second-order valence-corrected chi connectivity index (χ2v) is 7.21. The van der Waals surface area contributed by atoms with Gasteiger partial charge >= 0.3 is 6.18 Å². The molecule has 1 amide bonds. The van der Waals surface area contributed by atoms with E-state index in [1.165, 1.54) is 4.68 Å². The van der Waals surface area contributed by atoms with Crippen LogP contribution in [0.15, 0.2) is 42.5 Å². The Morgan fingerprint density at radius 1 is 1.13 bits per heavy atom. The van der Waals surface area contributed by atoms with Gasteiger partial charge in [0.25, 0.3) is 5.91 Å². The first-order valence-corrected chi connectivity index (χ1v) is 9.55. The van der Waals surface area contributed by atoms with Gasteiger partial charge in [-0.05, 0) is 49.2 Å². The summed E-state index contributed by atoms with van der Waals surface area (Å²) in [5.41, 5.74) is 1.73. The van der Waals surface area contributed by atoms with Gasteiger partial charge in [-0.25, -0.2) is 0 Å². The number of halogens is 4. The van der Waals surface area contributed by atoms with Crippen LogP contribution in [-0.2, 0) is 19.6 Å². The van der Waals surface area contributed by atoms with Crippen molar-refractivity contribution in [3.63, 3.8) is 0 Å². The number of benzene rings is 2. The van der Waals surface area contributed by atoms with Crippen LogP contribution in [-0.4, -0.2) is 15.7 Å². The van der Waals surface area contributed by atoms with Gasteiger partial charge in [0.2, 0.25) is 0 Å². The molecule has 3 rings (SSSR count). The number of aryl methyl sites for hydroxylation is 3. The molecular formula is C21H20ClF3N4O. The molecule has 0 unspecified atom stereocenters. The highest BCUT2D eigenvalue weighted by molar-refractivity contribution is 6.32. The number of amides is 1. The molecule has 0 fully saturated rings. The lowest BCUT2D eigenvalue weighted by Crippen LogP contribution is -2.16. The van der Waals surface area contributed by atoms with Gasteiger partial charge in [-0.15, -0.1) is 0 Å². The number of alkyl halides is 3. The zero-order chi connectivity index (χ0) is 22.1. The fourth-order valence-corrected chi connectivity index (χ4v) is 3.11. The van der Waals surface area contributed by atoms with E-state index in [1.54, 1.807) is 32.2 Å². The lowest BCUT2D eigenvalue weighted by atomic mass is 10.1. The predicted octanol–water partition coefficient (Wildman–Crippen LogP) is 5.96. The van der Waals surface area contributed by atoms with Gasteiger partial charge in [-0.1, -0.05) is 30.7 Å². The number of carbonyl (C=O) groups is 1. The molecule has 0 atom stereocenters. The maximum absolute atomic E-state index is 13.4. The first-order chi connectivity index (χ1) is 14.1. The van der Waals surface area contributed by atoms with E-state index in [0.29, 0.717) is 5.69 Å². The number of nitrogens with zero attached hydrogens (tertiary/aromatic N) is 2. The molecule has 2 N–H and O–H groups in total. The molecule has 0 aliphatic rings. The van der Waals surface area contributed by atoms with Gasteiger partial charge < -0.3 is 10.6 Å². The van der Waals surface area contributed by atoms with Gasteiger partial charge in [-0.3, -0.25) is 9.48 Å². The highest BCUT2D eigenvalue weighted by Crippen LogP contribution is 2.40. The Bertz CT molecular complexity index is 1060. The van der Waals surface area contributed by atoms with Crippen molar-refractivity contribution >= 4 is 34.6 Å². The van der Waals surface area contributed by atoms with Crippen LogP contribution in [0.4, 0.5) is 30.2 Å². The Hall–Kier alpha value is -3.00.